The molecule has 15 heavy (non-hydrogen) atoms. The van der Waals surface area contributed by atoms with Crippen molar-refractivity contribution in [3.63, 3.8) is 0 Å². The predicted octanol–water partition coefficient (Wildman–Crippen LogP) is 1.16. The first-order valence-corrected chi connectivity index (χ1v) is 5.43. The Morgan fingerprint density at radius 2 is 2.00 bits per heavy atom. The summed E-state index contributed by atoms with van der Waals surface area (Å²) in [5.74, 6) is 0. The van der Waals surface area contributed by atoms with Gasteiger partial charge in [0.1, 0.15) is 0 Å². The third kappa shape index (κ3) is 3.54. The maximum atomic E-state index is 11.9. The van der Waals surface area contributed by atoms with Crippen LogP contribution in [0.25, 0.3) is 0 Å². The van der Waals surface area contributed by atoms with E-state index in [4.69, 9.17) is 0 Å². The molecule has 1 unspecified atom stereocenters. The first-order valence-electron chi connectivity index (χ1n) is 5.43. The maximum Gasteiger partial charge on any atom is 0.320 e. The third-order valence-electron chi connectivity index (χ3n) is 2.92. The van der Waals surface area contributed by atoms with Crippen molar-refractivity contribution in [3.8, 4) is 0 Å². The smallest absolute Gasteiger partial charge is 0.320 e. The number of hydrogen-bond donors (Lipinski definition) is 1. The average Bonchev–Trinajstić information content (AvgIpc) is 2.71. The molecule has 1 heterocycles. The lowest BCUT2D eigenvalue weighted by Gasteiger charge is -2.30. The third-order valence-corrected chi connectivity index (χ3v) is 2.92. The first kappa shape index (κ1) is 14.5. The van der Waals surface area contributed by atoms with Crippen LogP contribution in [0.2, 0.25) is 0 Å². The van der Waals surface area contributed by atoms with Crippen molar-refractivity contribution in [2.45, 2.75) is 26.3 Å². The summed E-state index contributed by atoms with van der Waals surface area (Å²) in [4.78, 5) is 15.6. The molecule has 0 radical (unpaired) electrons. The Balaban J connectivity index is 0.00000196. The Bertz CT molecular complexity index is 191. The molecule has 90 valence electrons. The highest BCUT2D eigenvalue weighted by atomic mass is 35.5. The number of urea groups is 1. The van der Waals surface area contributed by atoms with Gasteiger partial charge in [-0.15, -0.1) is 12.4 Å². The van der Waals surface area contributed by atoms with Crippen molar-refractivity contribution in [1.29, 1.82) is 0 Å². The molecule has 1 aliphatic heterocycles. The number of nitrogens with one attached hydrogen (secondary N) is 1. The van der Waals surface area contributed by atoms with Crippen LogP contribution < -0.4 is 5.32 Å². The van der Waals surface area contributed by atoms with Crippen LogP contribution in [0.4, 0.5) is 4.79 Å². The Labute approximate surface area is 98.4 Å². The second-order valence-electron chi connectivity index (χ2n) is 3.71. The molecule has 1 N–H and O–H groups in total. The van der Waals surface area contributed by atoms with Gasteiger partial charge >= 0.3 is 6.03 Å². The molecule has 0 saturated carbocycles. The largest absolute Gasteiger partial charge is 0.325 e. The van der Waals surface area contributed by atoms with Gasteiger partial charge in [0, 0.05) is 32.7 Å². The lowest BCUT2D eigenvalue weighted by molar-refractivity contribution is 0.154. The molecular formula is C10H22ClN3O. The summed E-state index contributed by atoms with van der Waals surface area (Å²) in [5, 5.41) is 3.27. The van der Waals surface area contributed by atoms with Gasteiger partial charge in [-0.2, -0.15) is 0 Å². The minimum Gasteiger partial charge on any atom is -0.325 e. The Hall–Kier alpha value is -0.480. The maximum absolute atomic E-state index is 11.9. The van der Waals surface area contributed by atoms with E-state index in [1.807, 2.05) is 30.7 Å². The van der Waals surface area contributed by atoms with Gasteiger partial charge in [-0.25, -0.2) is 4.79 Å². The van der Waals surface area contributed by atoms with Gasteiger partial charge in [-0.3, -0.25) is 0 Å². The van der Waals surface area contributed by atoms with Crippen molar-refractivity contribution in [2.24, 2.45) is 0 Å². The van der Waals surface area contributed by atoms with E-state index in [1.165, 1.54) is 0 Å². The van der Waals surface area contributed by atoms with Crippen molar-refractivity contribution < 1.29 is 4.79 Å². The summed E-state index contributed by atoms with van der Waals surface area (Å²) >= 11 is 0. The SMILES string of the molecule is CCN(CC)C(=O)N(C)C1CCNC1.Cl. The molecular weight excluding hydrogens is 214 g/mol. The molecule has 0 bridgehead atoms. The number of nitrogens with zero attached hydrogens (tertiary/aromatic N) is 2. The van der Waals surface area contributed by atoms with Crippen LogP contribution in [0.3, 0.4) is 0 Å². The highest BCUT2D eigenvalue weighted by Crippen LogP contribution is 2.08. The molecule has 0 spiro atoms. The summed E-state index contributed by atoms with van der Waals surface area (Å²) in [5.41, 5.74) is 0. The van der Waals surface area contributed by atoms with E-state index in [0.717, 1.165) is 32.6 Å². The average molecular weight is 236 g/mol. The van der Waals surface area contributed by atoms with Crippen molar-refractivity contribution in [3.05, 3.63) is 0 Å². The van der Waals surface area contributed by atoms with Crippen LogP contribution in [0, 0.1) is 0 Å². The summed E-state index contributed by atoms with van der Waals surface area (Å²) in [7, 11) is 1.90. The highest BCUT2D eigenvalue weighted by molar-refractivity contribution is 5.85. The van der Waals surface area contributed by atoms with Crippen LogP contribution in [-0.2, 0) is 0 Å². The molecule has 0 aromatic rings. The second kappa shape index (κ2) is 6.90. The second-order valence-corrected chi connectivity index (χ2v) is 3.71. The van der Waals surface area contributed by atoms with Gasteiger partial charge < -0.3 is 15.1 Å². The zero-order valence-corrected chi connectivity index (χ0v) is 10.6. The Kier molecular flexibility index (Phi) is 6.68. The number of rotatable bonds is 3. The summed E-state index contributed by atoms with van der Waals surface area (Å²) in [6.07, 6.45) is 1.07. The topological polar surface area (TPSA) is 35.6 Å². The van der Waals surface area contributed by atoms with E-state index in [-0.39, 0.29) is 18.4 Å². The minimum absolute atomic E-state index is 0. The van der Waals surface area contributed by atoms with Crippen LogP contribution in [0.5, 0.6) is 0 Å². The van der Waals surface area contributed by atoms with Crippen LogP contribution >= 0.6 is 12.4 Å². The number of hydrogen-bond acceptors (Lipinski definition) is 2. The van der Waals surface area contributed by atoms with Gasteiger partial charge in [0.05, 0.1) is 0 Å². The number of halogens is 1. The van der Waals surface area contributed by atoms with Crippen molar-refractivity contribution in [1.82, 2.24) is 15.1 Å². The summed E-state index contributed by atoms with van der Waals surface area (Å²) in [6.45, 7) is 7.58. The molecule has 0 aromatic carbocycles. The van der Waals surface area contributed by atoms with Gasteiger partial charge in [0.25, 0.3) is 0 Å². The fourth-order valence-electron chi connectivity index (χ4n) is 1.84. The van der Waals surface area contributed by atoms with Crippen LogP contribution in [-0.4, -0.2) is 55.1 Å². The zero-order valence-electron chi connectivity index (χ0n) is 9.82. The number of amides is 2. The molecule has 1 rings (SSSR count). The van der Waals surface area contributed by atoms with Gasteiger partial charge in [-0.05, 0) is 26.8 Å². The van der Waals surface area contributed by atoms with E-state index in [0.29, 0.717) is 6.04 Å². The minimum atomic E-state index is 0. The quantitative estimate of drug-likeness (QED) is 0.797. The molecule has 2 amide bonds. The van der Waals surface area contributed by atoms with E-state index < -0.39 is 0 Å². The molecule has 0 aromatic heterocycles. The number of likely N-dealkylation sites (N-methyl/N-ethyl adjacent to an activating group) is 1. The molecule has 1 aliphatic rings. The Morgan fingerprint density at radius 1 is 1.40 bits per heavy atom. The molecule has 1 fully saturated rings. The fourth-order valence-corrected chi connectivity index (χ4v) is 1.84. The fraction of sp³-hybridized carbons (Fsp3) is 0.900. The van der Waals surface area contributed by atoms with E-state index in [1.54, 1.807) is 0 Å². The molecule has 0 aliphatic carbocycles. The summed E-state index contributed by atoms with van der Waals surface area (Å²) in [6, 6.07) is 0.534. The van der Waals surface area contributed by atoms with Gasteiger partial charge in [-0.1, -0.05) is 0 Å². The number of carbonyl (C=O) groups excluding carboxylic acids is 1. The first-order chi connectivity index (χ1) is 6.70. The summed E-state index contributed by atoms with van der Waals surface area (Å²) < 4.78 is 0. The van der Waals surface area contributed by atoms with E-state index >= 15 is 0 Å². The zero-order chi connectivity index (χ0) is 10.6. The molecule has 5 heteroatoms. The normalized spacial score (nSPS) is 19.5. The standard InChI is InChI=1S/C10H21N3O.ClH/c1-4-13(5-2)10(14)12(3)9-6-7-11-8-9;/h9,11H,4-8H2,1-3H3;1H. The monoisotopic (exact) mass is 235 g/mol. The van der Waals surface area contributed by atoms with Gasteiger partial charge in [0.2, 0.25) is 0 Å². The Morgan fingerprint density at radius 3 is 2.40 bits per heavy atom. The van der Waals surface area contributed by atoms with Crippen LogP contribution in [0.15, 0.2) is 0 Å². The lowest BCUT2D eigenvalue weighted by Crippen LogP contribution is -2.46. The number of carbonyl (C=O) groups is 1. The molecule has 4 nitrogen and oxygen atoms in total. The van der Waals surface area contributed by atoms with Crippen molar-refractivity contribution in [2.75, 3.05) is 33.2 Å². The van der Waals surface area contributed by atoms with E-state index in [9.17, 15) is 4.79 Å². The van der Waals surface area contributed by atoms with Crippen molar-refractivity contribution >= 4 is 18.4 Å². The van der Waals surface area contributed by atoms with Crippen LogP contribution in [0.1, 0.15) is 20.3 Å². The lowest BCUT2D eigenvalue weighted by atomic mass is 10.2. The predicted molar refractivity (Wildman–Crippen MR) is 64.6 cm³/mol. The van der Waals surface area contributed by atoms with Gasteiger partial charge in [0.15, 0.2) is 0 Å². The van der Waals surface area contributed by atoms with E-state index in [2.05, 4.69) is 5.32 Å². The molecule has 1 saturated heterocycles. The molecule has 1 atom stereocenters. The highest BCUT2D eigenvalue weighted by Gasteiger charge is 2.25.